The van der Waals surface area contributed by atoms with Crippen molar-refractivity contribution in [3.8, 4) is 11.1 Å². The quantitative estimate of drug-likeness (QED) is 0.732. The van der Waals surface area contributed by atoms with Crippen molar-refractivity contribution in [3.05, 3.63) is 54.4 Å². The second kappa shape index (κ2) is 9.03. The lowest BCUT2D eigenvalue weighted by molar-refractivity contribution is 0.206. The highest BCUT2D eigenvalue weighted by molar-refractivity contribution is 5.74. The van der Waals surface area contributed by atoms with Crippen LogP contribution < -0.4 is 10.6 Å². The summed E-state index contributed by atoms with van der Waals surface area (Å²) in [6.07, 6.45) is 4.33. The van der Waals surface area contributed by atoms with Crippen molar-refractivity contribution < 1.29 is 9.90 Å². The van der Waals surface area contributed by atoms with Gasteiger partial charge in [-0.2, -0.15) is 0 Å². The van der Waals surface area contributed by atoms with E-state index in [1.54, 1.807) is 6.20 Å². The maximum Gasteiger partial charge on any atom is 0.315 e. The largest absolute Gasteiger partial charge is 0.394 e. The van der Waals surface area contributed by atoms with E-state index in [4.69, 9.17) is 0 Å². The van der Waals surface area contributed by atoms with Gasteiger partial charge in [0.2, 0.25) is 0 Å². The molecule has 2 aromatic rings. The van der Waals surface area contributed by atoms with Gasteiger partial charge in [-0.25, -0.2) is 4.79 Å². The number of carbonyl (C=O) groups excluding carboxylic acids is 1. The summed E-state index contributed by atoms with van der Waals surface area (Å²) in [5, 5.41) is 14.9. The van der Waals surface area contributed by atoms with E-state index in [2.05, 4.69) is 29.5 Å². The minimum atomic E-state index is -0.258. The average molecular weight is 327 g/mol. The van der Waals surface area contributed by atoms with Gasteiger partial charge < -0.3 is 15.7 Å². The molecule has 1 heterocycles. The summed E-state index contributed by atoms with van der Waals surface area (Å²) >= 11 is 0. The van der Waals surface area contributed by atoms with E-state index >= 15 is 0 Å². The number of benzene rings is 1. The Bertz CT molecular complexity index is 627. The summed E-state index contributed by atoms with van der Waals surface area (Å²) in [6, 6.07) is 11.5. The zero-order valence-corrected chi connectivity index (χ0v) is 14.2. The number of pyridine rings is 1. The van der Waals surface area contributed by atoms with Gasteiger partial charge in [0.15, 0.2) is 0 Å². The zero-order valence-electron chi connectivity index (χ0n) is 14.2. The SMILES string of the molecule is CC(C)CC(CO)NC(=O)NCc1ccc(-c2cccnc2)cc1. The van der Waals surface area contributed by atoms with Gasteiger partial charge in [0.05, 0.1) is 12.6 Å². The van der Waals surface area contributed by atoms with Crippen LogP contribution in [0.1, 0.15) is 25.8 Å². The van der Waals surface area contributed by atoms with Crippen molar-refractivity contribution in [2.45, 2.75) is 32.9 Å². The third kappa shape index (κ3) is 5.66. The molecule has 3 N–H and O–H groups in total. The Morgan fingerprint density at radius 2 is 1.92 bits per heavy atom. The van der Waals surface area contributed by atoms with Crippen LogP contribution in [0.15, 0.2) is 48.8 Å². The molecule has 0 saturated heterocycles. The van der Waals surface area contributed by atoms with Gasteiger partial charge in [0.25, 0.3) is 0 Å². The molecule has 1 unspecified atom stereocenters. The number of nitrogens with zero attached hydrogens (tertiary/aromatic N) is 1. The standard InChI is InChI=1S/C19H25N3O2/c1-14(2)10-18(13-23)22-19(24)21-11-15-5-7-16(8-6-15)17-4-3-9-20-12-17/h3-9,12,14,18,23H,10-11,13H2,1-2H3,(H2,21,22,24). The van der Waals surface area contributed by atoms with Crippen molar-refractivity contribution in [3.63, 3.8) is 0 Å². The fourth-order valence-corrected chi connectivity index (χ4v) is 2.52. The highest BCUT2D eigenvalue weighted by Crippen LogP contribution is 2.18. The molecule has 1 atom stereocenters. The predicted octanol–water partition coefficient (Wildman–Crippen LogP) is 2.95. The van der Waals surface area contributed by atoms with Crippen LogP contribution in [0.4, 0.5) is 4.79 Å². The Kier molecular flexibility index (Phi) is 6.75. The van der Waals surface area contributed by atoms with E-state index in [9.17, 15) is 9.90 Å². The van der Waals surface area contributed by atoms with Gasteiger partial charge >= 0.3 is 6.03 Å². The normalized spacial score (nSPS) is 12.0. The molecule has 2 amide bonds. The summed E-state index contributed by atoms with van der Waals surface area (Å²) in [4.78, 5) is 16.0. The molecule has 5 heteroatoms. The van der Waals surface area contributed by atoms with E-state index in [-0.39, 0.29) is 18.7 Å². The molecule has 2 rings (SSSR count). The number of aliphatic hydroxyl groups is 1. The lowest BCUT2D eigenvalue weighted by Crippen LogP contribution is -2.44. The van der Waals surface area contributed by atoms with E-state index in [1.165, 1.54) is 0 Å². The minimum Gasteiger partial charge on any atom is -0.394 e. The summed E-state index contributed by atoms with van der Waals surface area (Å²) < 4.78 is 0. The molecule has 0 spiro atoms. The van der Waals surface area contributed by atoms with Crippen molar-refractivity contribution in [2.24, 2.45) is 5.92 Å². The summed E-state index contributed by atoms with van der Waals surface area (Å²) in [6.45, 7) is 4.52. The summed E-state index contributed by atoms with van der Waals surface area (Å²) in [5.41, 5.74) is 3.17. The van der Waals surface area contributed by atoms with Gasteiger partial charge in [0, 0.05) is 18.9 Å². The van der Waals surface area contributed by atoms with Crippen LogP contribution in [0.2, 0.25) is 0 Å². The van der Waals surface area contributed by atoms with Gasteiger partial charge in [-0.1, -0.05) is 44.2 Å². The molecular formula is C19H25N3O2. The highest BCUT2D eigenvalue weighted by Gasteiger charge is 2.12. The number of urea groups is 1. The smallest absolute Gasteiger partial charge is 0.315 e. The van der Waals surface area contributed by atoms with Crippen LogP contribution in [0, 0.1) is 5.92 Å². The number of hydrogen-bond acceptors (Lipinski definition) is 3. The lowest BCUT2D eigenvalue weighted by atomic mass is 10.0. The van der Waals surface area contributed by atoms with Gasteiger partial charge in [0.1, 0.15) is 0 Å². The van der Waals surface area contributed by atoms with Crippen LogP contribution in [0.25, 0.3) is 11.1 Å². The molecule has 5 nitrogen and oxygen atoms in total. The fourth-order valence-electron chi connectivity index (χ4n) is 2.52. The molecule has 0 aliphatic rings. The monoisotopic (exact) mass is 327 g/mol. The first-order valence-electron chi connectivity index (χ1n) is 8.23. The van der Waals surface area contributed by atoms with Crippen molar-refractivity contribution in [2.75, 3.05) is 6.61 Å². The number of carbonyl (C=O) groups is 1. The Morgan fingerprint density at radius 3 is 2.50 bits per heavy atom. The molecular weight excluding hydrogens is 302 g/mol. The Morgan fingerprint density at radius 1 is 1.17 bits per heavy atom. The first-order chi connectivity index (χ1) is 11.6. The molecule has 0 fully saturated rings. The van der Waals surface area contributed by atoms with E-state index in [0.29, 0.717) is 12.5 Å². The molecule has 0 radical (unpaired) electrons. The average Bonchev–Trinajstić information content (AvgIpc) is 2.60. The summed E-state index contributed by atoms with van der Waals surface area (Å²) in [5.74, 6) is 0.419. The first-order valence-corrected chi connectivity index (χ1v) is 8.23. The molecule has 1 aromatic heterocycles. The molecule has 0 bridgehead atoms. The molecule has 1 aromatic carbocycles. The number of aliphatic hydroxyl groups excluding tert-OH is 1. The topological polar surface area (TPSA) is 74.2 Å². The van der Waals surface area contributed by atoms with Crippen LogP contribution in [-0.4, -0.2) is 28.8 Å². The van der Waals surface area contributed by atoms with Crippen LogP contribution in [0.5, 0.6) is 0 Å². The molecule has 0 aliphatic heterocycles. The Hall–Kier alpha value is -2.40. The number of aromatic nitrogens is 1. The number of amides is 2. The predicted molar refractivity (Wildman–Crippen MR) is 95.4 cm³/mol. The van der Waals surface area contributed by atoms with Crippen LogP contribution in [0.3, 0.4) is 0 Å². The highest BCUT2D eigenvalue weighted by atomic mass is 16.3. The number of hydrogen-bond donors (Lipinski definition) is 3. The van der Waals surface area contributed by atoms with Crippen LogP contribution >= 0.6 is 0 Å². The van der Waals surface area contributed by atoms with E-state index in [1.807, 2.05) is 42.6 Å². The summed E-state index contributed by atoms with van der Waals surface area (Å²) in [7, 11) is 0. The third-order valence-corrected chi connectivity index (χ3v) is 3.71. The number of nitrogens with one attached hydrogen (secondary N) is 2. The Labute approximate surface area is 143 Å². The maximum absolute atomic E-state index is 11.9. The molecule has 128 valence electrons. The minimum absolute atomic E-state index is 0.0502. The third-order valence-electron chi connectivity index (χ3n) is 3.71. The zero-order chi connectivity index (χ0) is 17.4. The molecule has 24 heavy (non-hydrogen) atoms. The van der Waals surface area contributed by atoms with E-state index in [0.717, 1.165) is 23.1 Å². The van der Waals surface area contributed by atoms with Crippen LogP contribution in [-0.2, 0) is 6.54 Å². The van der Waals surface area contributed by atoms with E-state index < -0.39 is 0 Å². The number of rotatable bonds is 7. The lowest BCUT2D eigenvalue weighted by Gasteiger charge is -2.18. The first kappa shape index (κ1) is 17.9. The second-order valence-corrected chi connectivity index (χ2v) is 6.27. The van der Waals surface area contributed by atoms with Crippen molar-refractivity contribution in [1.82, 2.24) is 15.6 Å². The Balaban J connectivity index is 1.85. The fraction of sp³-hybridized carbons (Fsp3) is 0.368. The maximum atomic E-state index is 11.9. The van der Waals surface area contributed by atoms with Gasteiger partial charge in [-0.15, -0.1) is 0 Å². The van der Waals surface area contributed by atoms with Gasteiger partial charge in [-0.3, -0.25) is 4.98 Å². The van der Waals surface area contributed by atoms with Crippen molar-refractivity contribution >= 4 is 6.03 Å². The molecule has 0 aliphatic carbocycles. The second-order valence-electron chi connectivity index (χ2n) is 6.27. The van der Waals surface area contributed by atoms with Gasteiger partial charge in [-0.05, 0) is 35.1 Å². The molecule has 0 saturated carbocycles. The van der Waals surface area contributed by atoms with Crippen molar-refractivity contribution in [1.29, 1.82) is 0 Å².